The van der Waals surface area contributed by atoms with Gasteiger partial charge < -0.3 is 31.1 Å². The molecule has 0 saturated heterocycles. The molecule has 2 aromatic carbocycles. The Morgan fingerprint density at radius 2 is 1.04 bits per heavy atom. The number of carboxylic acids is 2. The highest BCUT2D eigenvalue weighted by Crippen LogP contribution is 2.41. The van der Waals surface area contributed by atoms with E-state index in [0.29, 0.717) is 0 Å². The molecule has 2 atom stereocenters. The van der Waals surface area contributed by atoms with Crippen LogP contribution in [-0.2, 0) is 39.6 Å². The Bertz CT molecular complexity index is 1750. The highest BCUT2D eigenvalue weighted by molar-refractivity contribution is 6.33. The zero-order valence-electron chi connectivity index (χ0n) is 23.8. The van der Waals surface area contributed by atoms with Crippen LogP contribution in [0.4, 0.5) is 0 Å². The van der Waals surface area contributed by atoms with Gasteiger partial charge in [-0.05, 0) is 61.4 Å². The molecule has 0 spiro atoms. The van der Waals surface area contributed by atoms with Crippen LogP contribution in [0, 0.1) is 22.7 Å². The minimum Gasteiger partial charge on any atom is -0.506 e. The van der Waals surface area contributed by atoms with E-state index in [4.69, 9.17) is 33.4 Å². The lowest BCUT2D eigenvalue weighted by atomic mass is 9.70. The van der Waals surface area contributed by atoms with Crippen molar-refractivity contribution < 1.29 is 49.2 Å². The number of nitriles is 2. The molecule has 0 fully saturated rings. The molecule has 2 aromatic rings. The molecule has 0 aromatic heterocycles. The second-order valence-electron chi connectivity index (χ2n) is 10.1. The Morgan fingerprint density at radius 1 is 0.717 bits per heavy atom. The minimum absolute atomic E-state index is 0.124. The number of aliphatic hydroxyl groups excluding tert-OH is 2. The van der Waals surface area contributed by atoms with Gasteiger partial charge in [-0.25, -0.2) is 0 Å². The molecule has 6 N–H and O–H groups in total. The molecule has 4 rings (SSSR count). The van der Waals surface area contributed by atoms with E-state index in [9.17, 15) is 49.5 Å². The van der Waals surface area contributed by atoms with E-state index in [1.165, 1.54) is 50.2 Å². The van der Waals surface area contributed by atoms with Crippen molar-refractivity contribution in [2.75, 3.05) is 13.1 Å². The molecule has 2 amide bonds. The summed E-state index contributed by atoms with van der Waals surface area (Å²) in [4.78, 5) is 70.3. The number of hydrogen-bond donors (Lipinski definition) is 6. The second kappa shape index (κ2) is 13.1. The molecule has 236 valence electrons. The first-order valence-electron chi connectivity index (χ1n) is 12.8. The van der Waals surface area contributed by atoms with Crippen LogP contribution in [0.25, 0.3) is 11.5 Å². The number of halogens is 2. The standard InChI is InChI=1S/2C15H11ClN2O5/c2*1-15(6-17)9-4-7(16)2-3-8(9)12(21)11(13(15)22)14(23)18-5-10(19)20/h2*2-4,21H,5H2,1H3,(H,18,23)(H,19,20)/t2*15-/m10/s1. The van der Waals surface area contributed by atoms with E-state index >= 15 is 0 Å². The molecule has 0 heterocycles. The maximum absolute atomic E-state index is 12.6. The lowest BCUT2D eigenvalue weighted by Gasteiger charge is -2.29. The fraction of sp³-hybridized carbons (Fsp3) is 0.200. The number of ketones is 2. The van der Waals surface area contributed by atoms with E-state index in [-0.39, 0.29) is 32.3 Å². The molecule has 2 aliphatic rings. The first-order chi connectivity index (χ1) is 21.4. The second-order valence-corrected chi connectivity index (χ2v) is 11.0. The Morgan fingerprint density at radius 3 is 1.33 bits per heavy atom. The van der Waals surface area contributed by atoms with Crippen LogP contribution >= 0.6 is 23.2 Å². The van der Waals surface area contributed by atoms with Gasteiger partial charge in [0.15, 0.2) is 11.6 Å². The summed E-state index contributed by atoms with van der Waals surface area (Å²) in [6, 6.07) is 12.1. The van der Waals surface area contributed by atoms with Crippen LogP contribution in [0.3, 0.4) is 0 Å². The van der Waals surface area contributed by atoms with Gasteiger partial charge in [0, 0.05) is 21.2 Å². The van der Waals surface area contributed by atoms with E-state index < -0.39 is 81.9 Å². The van der Waals surface area contributed by atoms with Crippen molar-refractivity contribution in [3.8, 4) is 12.1 Å². The number of fused-ring (bicyclic) bond motifs is 2. The first kappa shape index (κ1) is 34.8. The Hall–Kier alpha value is -5.70. The maximum Gasteiger partial charge on any atom is 0.322 e. The molecule has 16 heteroatoms. The van der Waals surface area contributed by atoms with Gasteiger partial charge in [-0.1, -0.05) is 23.2 Å². The monoisotopic (exact) mass is 668 g/mol. The number of hydrogen-bond acceptors (Lipinski definition) is 10. The molecule has 14 nitrogen and oxygen atoms in total. The van der Waals surface area contributed by atoms with Gasteiger partial charge in [0.05, 0.1) is 12.1 Å². The first-order valence-corrected chi connectivity index (χ1v) is 13.6. The summed E-state index contributed by atoms with van der Waals surface area (Å²) in [5, 5.41) is 61.0. The number of nitrogens with one attached hydrogen (secondary N) is 2. The molecule has 46 heavy (non-hydrogen) atoms. The number of carboxylic acid groups (broad SMARTS) is 2. The molecule has 2 aliphatic carbocycles. The molecular weight excluding hydrogens is 647 g/mol. The van der Waals surface area contributed by atoms with Gasteiger partial charge in [-0.15, -0.1) is 0 Å². The fourth-order valence-electron chi connectivity index (χ4n) is 4.63. The number of benzene rings is 2. The summed E-state index contributed by atoms with van der Waals surface area (Å²) in [5.41, 5.74) is -4.12. The topological polar surface area (TPSA) is 255 Å². The van der Waals surface area contributed by atoms with E-state index in [1.54, 1.807) is 0 Å². The third-order valence-corrected chi connectivity index (χ3v) is 7.56. The smallest absolute Gasteiger partial charge is 0.322 e. The summed E-state index contributed by atoms with van der Waals surface area (Å²) >= 11 is 11.8. The summed E-state index contributed by atoms with van der Waals surface area (Å²) in [5.74, 6) is -7.80. The highest BCUT2D eigenvalue weighted by Gasteiger charge is 2.48. The van der Waals surface area contributed by atoms with Crippen LogP contribution in [-0.4, -0.2) is 68.8 Å². The number of Topliss-reactive ketones (excluding diaryl/α,β-unsaturated/α-hetero) is 2. The number of aliphatic carboxylic acids is 2. The summed E-state index contributed by atoms with van der Waals surface area (Å²) in [7, 11) is 0. The van der Waals surface area contributed by atoms with Gasteiger partial charge in [0.2, 0.25) is 0 Å². The predicted molar refractivity (Wildman–Crippen MR) is 159 cm³/mol. The van der Waals surface area contributed by atoms with Crippen molar-refractivity contribution in [2.24, 2.45) is 0 Å². The summed E-state index contributed by atoms with van der Waals surface area (Å²) in [6.45, 7) is 1.17. The lowest BCUT2D eigenvalue weighted by molar-refractivity contribution is -0.138. The number of nitrogens with zero attached hydrogens (tertiary/aromatic N) is 2. The van der Waals surface area contributed by atoms with Crippen molar-refractivity contribution in [3.05, 3.63) is 79.8 Å². The van der Waals surface area contributed by atoms with Crippen LogP contribution in [0.2, 0.25) is 10.0 Å². The fourth-order valence-corrected chi connectivity index (χ4v) is 4.98. The number of carbonyl (C=O) groups excluding carboxylic acids is 4. The highest BCUT2D eigenvalue weighted by atomic mass is 35.5. The van der Waals surface area contributed by atoms with E-state index in [2.05, 4.69) is 0 Å². The zero-order valence-corrected chi connectivity index (χ0v) is 25.3. The molecule has 0 bridgehead atoms. The third kappa shape index (κ3) is 6.25. The Labute approximate surface area is 269 Å². The van der Waals surface area contributed by atoms with Gasteiger partial charge >= 0.3 is 11.9 Å². The number of rotatable bonds is 6. The van der Waals surface area contributed by atoms with Crippen LogP contribution in [0.5, 0.6) is 0 Å². The van der Waals surface area contributed by atoms with Crippen LogP contribution < -0.4 is 10.6 Å². The van der Waals surface area contributed by atoms with Crippen molar-refractivity contribution in [3.63, 3.8) is 0 Å². The van der Waals surface area contributed by atoms with E-state index in [0.717, 1.165) is 0 Å². The van der Waals surface area contributed by atoms with Crippen LogP contribution in [0.1, 0.15) is 36.1 Å². The van der Waals surface area contributed by atoms with Crippen molar-refractivity contribution in [2.45, 2.75) is 24.7 Å². The quantitative estimate of drug-likeness (QED) is 0.242. The van der Waals surface area contributed by atoms with Gasteiger partial charge in [-0.2, -0.15) is 10.5 Å². The molecule has 0 aliphatic heterocycles. The van der Waals surface area contributed by atoms with Gasteiger partial charge in [0.25, 0.3) is 11.8 Å². The van der Waals surface area contributed by atoms with Gasteiger partial charge in [-0.3, -0.25) is 28.8 Å². The Balaban J connectivity index is 0.000000250. The number of aliphatic hydroxyl groups is 2. The lowest BCUT2D eigenvalue weighted by Crippen LogP contribution is -2.43. The van der Waals surface area contributed by atoms with Crippen molar-refractivity contribution >= 4 is 70.0 Å². The van der Waals surface area contributed by atoms with Gasteiger partial charge in [0.1, 0.15) is 46.6 Å². The maximum atomic E-state index is 12.6. The average Bonchev–Trinajstić information content (AvgIpc) is 3.01. The minimum atomic E-state index is -1.72. The third-order valence-electron chi connectivity index (χ3n) is 7.09. The molecule has 0 saturated carbocycles. The summed E-state index contributed by atoms with van der Waals surface area (Å²) < 4.78 is 0. The molecule has 0 radical (unpaired) electrons. The number of amides is 2. The predicted octanol–water partition coefficient (Wildman–Crippen LogP) is 2.35. The molecule has 0 unspecified atom stereocenters. The Kier molecular flexibility index (Phi) is 9.92. The largest absolute Gasteiger partial charge is 0.506 e. The summed E-state index contributed by atoms with van der Waals surface area (Å²) in [6.07, 6.45) is 0. The zero-order chi connectivity index (χ0) is 34.7. The average molecular weight is 669 g/mol. The number of carbonyl (C=O) groups is 6. The van der Waals surface area contributed by atoms with Crippen LogP contribution in [0.15, 0.2) is 47.5 Å². The SMILES string of the molecule is C[C@@]1(C#N)C(=O)C(C(=O)NCC(=O)O)=C(O)c2ccc(Cl)cc21.C[C@]1(C#N)C(=O)C(C(=O)NCC(=O)O)=C(O)c2ccc(Cl)cc21. The van der Waals surface area contributed by atoms with Crippen molar-refractivity contribution in [1.82, 2.24) is 10.6 Å². The normalized spacial score (nSPS) is 19.8. The van der Waals surface area contributed by atoms with Crippen molar-refractivity contribution in [1.29, 1.82) is 10.5 Å². The van der Waals surface area contributed by atoms with E-state index in [1.807, 2.05) is 22.8 Å². The molecular formula is C30H22Cl2N4O10.